The molecule has 0 radical (unpaired) electrons. The molecule has 1 aliphatic rings. The number of benzene rings is 3. The molecule has 1 amide bonds. The van der Waals surface area contributed by atoms with E-state index in [0.29, 0.717) is 35.6 Å². The van der Waals surface area contributed by atoms with E-state index in [1.807, 2.05) is 24.3 Å². The molecule has 0 saturated carbocycles. The molecule has 5 rings (SSSR count). The zero-order chi connectivity index (χ0) is 24.3. The second-order valence-electron chi connectivity index (χ2n) is 8.81. The summed E-state index contributed by atoms with van der Waals surface area (Å²) in [6.07, 6.45) is 2.76. The molecule has 3 aromatic carbocycles. The Morgan fingerprint density at radius 3 is 2.34 bits per heavy atom. The third-order valence-electron chi connectivity index (χ3n) is 6.48. The van der Waals surface area contributed by atoms with Gasteiger partial charge in [-0.1, -0.05) is 66.7 Å². The van der Waals surface area contributed by atoms with Crippen LogP contribution in [-0.4, -0.2) is 41.1 Å². The number of likely N-dealkylation sites (tertiary alicyclic amines) is 1. The van der Waals surface area contributed by atoms with Crippen molar-refractivity contribution in [2.24, 2.45) is 5.92 Å². The molecule has 7 nitrogen and oxygen atoms in total. The van der Waals surface area contributed by atoms with Crippen LogP contribution in [0.3, 0.4) is 0 Å². The maximum Gasteiger partial charge on any atom is 0.245 e. The fraction of sp³-hybridized carbons (Fsp3) is 0.269. The first-order valence-corrected chi connectivity index (χ1v) is 13.8. The van der Waals surface area contributed by atoms with Gasteiger partial charge in [-0.2, -0.15) is 13.5 Å². The van der Waals surface area contributed by atoms with Crippen LogP contribution < -0.4 is 4.72 Å². The van der Waals surface area contributed by atoms with Crippen molar-refractivity contribution < 1.29 is 13.2 Å². The molecule has 0 bridgehead atoms. The molecule has 1 N–H and O–H groups in total. The lowest BCUT2D eigenvalue weighted by Gasteiger charge is -2.34. The maximum absolute atomic E-state index is 13.7. The summed E-state index contributed by atoms with van der Waals surface area (Å²) in [5.41, 5.74) is 2.74. The van der Waals surface area contributed by atoms with Crippen LogP contribution in [0.1, 0.15) is 30.0 Å². The Bertz CT molecular complexity index is 1400. The number of nitrogens with zero attached hydrogens (tertiary/aromatic N) is 3. The number of amides is 1. The molecule has 2 heterocycles. The van der Waals surface area contributed by atoms with E-state index in [4.69, 9.17) is 0 Å². The number of rotatable bonds is 7. The second kappa shape index (κ2) is 10.2. The molecule has 35 heavy (non-hydrogen) atoms. The van der Waals surface area contributed by atoms with Crippen molar-refractivity contribution in [2.75, 3.05) is 13.1 Å². The standard InChI is InChI=1S/C26H26N4O3S2/c31-26(30-16-14-20(15-17-30)18-19-8-3-1-4-9-19)24(21-10-5-2-6-11-21)29-35(32,33)23-13-7-12-22-25(23)28-34-27-22/h1-13,20,24,29H,14-18H2. The summed E-state index contributed by atoms with van der Waals surface area (Å²) in [6, 6.07) is 23.2. The van der Waals surface area contributed by atoms with Crippen molar-refractivity contribution in [3.8, 4) is 0 Å². The molecular weight excluding hydrogens is 480 g/mol. The molecule has 9 heteroatoms. The number of fused-ring (bicyclic) bond motifs is 1. The predicted molar refractivity (Wildman–Crippen MR) is 136 cm³/mol. The summed E-state index contributed by atoms with van der Waals surface area (Å²) in [5.74, 6) is 0.268. The first-order valence-electron chi connectivity index (χ1n) is 11.6. The molecule has 0 spiro atoms. The molecule has 4 aromatic rings. The van der Waals surface area contributed by atoms with Crippen LogP contribution in [0.2, 0.25) is 0 Å². The van der Waals surface area contributed by atoms with Gasteiger partial charge in [0.2, 0.25) is 15.9 Å². The van der Waals surface area contributed by atoms with Crippen LogP contribution >= 0.6 is 11.7 Å². The molecule has 1 unspecified atom stereocenters. The summed E-state index contributed by atoms with van der Waals surface area (Å²) in [7, 11) is -4.03. The minimum Gasteiger partial charge on any atom is -0.341 e. The van der Waals surface area contributed by atoms with E-state index in [9.17, 15) is 13.2 Å². The van der Waals surface area contributed by atoms with Gasteiger partial charge in [0, 0.05) is 13.1 Å². The lowest BCUT2D eigenvalue weighted by molar-refractivity contribution is -0.134. The Kier molecular flexibility index (Phi) is 6.90. The molecule has 1 aliphatic heterocycles. The van der Waals surface area contributed by atoms with Gasteiger partial charge in [-0.15, -0.1) is 0 Å². The largest absolute Gasteiger partial charge is 0.341 e. The van der Waals surface area contributed by atoms with Crippen LogP contribution in [-0.2, 0) is 21.2 Å². The topological polar surface area (TPSA) is 92.3 Å². The summed E-state index contributed by atoms with van der Waals surface area (Å²) in [5, 5.41) is 0. The molecule has 1 fully saturated rings. The SMILES string of the molecule is O=C(C(NS(=O)(=O)c1cccc2nsnc12)c1ccccc1)N1CCC(Cc2ccccc2)CC1. The summed E-state index contributed by atoms with van der Waals surface area (Å²) >= 11 is 0.961. The van der Waals surface area contributed by atoms with Gasteiger partial charge in [0.25, 0.3) is 0 Å². The van der Waals surface area contributed by atoms with Gasteiger partial charge in [0.05, 0.1) is 11.7 Å². The minimum atomic E-state index is -4.03. The Morgan fingerprint density at radius 1 is 0.943 bits per heavy atom. The van der Waals surface area contributed by atoms with E-state index in [2.05, 4.69) is 25.6 Å². The van der Waals surface area contributed by atoms with E-state index in [-0.39, 0.29) is 10.8 Å². The van der Waals surface area contributed by atoms with Crippen molar-refractivity contribution in [3.05, 3.63) is 90.0 Å². The summed E-state index contributed by atoms with van der Waals surface area (Å²) in [6.45, 7) is 1.21. The fourth-order valence-electron chi connectivity index (χ4n) is 4.61. The van der Waals surface area contributed by atoms with Crippen LogP contribution in [0.5, 0.6) is 0 Å². The fourth-order valence-corrected chi connectivity index (χ4v) is 6.55. The van der Waals surface area contributed by atoms with Crippen molar-refractivity contribution in [2.45, 2.75) is 30.2 Å². The normalized spacial score (nSPS) is 15.8. The van der Waals surface area contributed by atoms with Crippen LogP contribution in [0.25, 0.3) is 11.0 Å². The van der Waals surface area contributed by atoms with E-state index in [1.165, 1.54) is 11.6 Å². The average molecular weight is 507 g/mol. The number of piperidine rings is 1. The number of aromatic nitrogens is 2. The van der Waals surface area contributed by atoms with Gasteiger partial charge in [0.1, 0.15) is 22.0 Å². The third kappa shape index (κ3) is 5.27. The van der Waals surface area contributed by atoms with Gasteiger partial charge < -0.3 is 4.90 Å². The van der Waals surface area contributed by atoms with Crippen LogP contribution in [0, 0.1) is 5.92 Å². The lowest BCUT2D eigenvalue weighted by atomic mass is 9.90. The van der Waals surface area contributed by atoms with E-state index >= 15 is 0 Å². The van der Waals surface area contributed by atoms with Crippen LogP contribution in [0.4, 0.5) is 0 Å². The highest BCUT2D eigenvalue weighted by Gasteiger charge is 2.33. The van der Waals surface area contributed by atoms with Gasteiger partial charge >= 0.3 is 0 Å². The van der Waals surface area contributed by atoms with Crippen molar-refractivity contribution in [1.29, 1.82) is 0 Å². The monoisotopic (exact) mass is 506 g/mol. The van der Waals surface area contributed by atoms with Crippen molar-refractivity contribution >= 4 is 38.7 Å². The van der Waals surface area contributed by atoms with E-state index in [0.717, 1.165) is 31.0 Å². The Labute approximate surface area is 209 Å². The Hall–Kier alpha value is -3.14. The molecule has 1 atom stereocenters. The first kappa shape index (κ1) is 23.6. The van der Waals surface area contributed by atoms with E-state index < -0.39 is 16.1 Å². The third-order valence-corrected chi connectivity index (χ3v) is 8.48. The molecule has 1 saturated heterocycles. The molecular formula is C26H26N4O3S2. The van der Waals surface area contributed by atoms with Gasteiger partial charge in [-0.3, -0.25) is 4.79 Å². The molecule has 1 aromatic heterocycles. The number of hydrogen-bond acceptors (Lipinski definition) is 6. The zero-order valence-electron chi connectivity index (χ0n) is 19.1. The van der Waals surface area contributed by atoms with Gasteiger partial charge in [-0.05, 0) is 48.4 Å². The molecule has 0 aliphatic carbocycles. The number of carbonyl (C=O) groups excluding carboxylic acids is 1. The lowest BCUT2D eigenvalue weighted by Crippen LogP contribution is -2.46. The average Bonchev–Trinajstić information content (AvgIpc) is 3.38. The molecule has 180 valence electrons. The smallest absolute Gasteiger partial charge is 0.245 e. The number of nitrogens with one attached hydrogen (secondary N) is 1. The maximum atomic E-state index is 13.7. The highest BCUT2D eigenvalue weighted by atomic mass is 32.2. The highest BCUT2D eigenvalue weighted by molar-refractivity contribution is 7.89. The highest BCUT2D eigenvalue weighted by Crippen LogP contribution is 2.27. The van der Waals surface area contributed by atoms with E-state index in [1.54, 1.807) is 41.3 Å². The number of hydrogen-bond donors (Lipinski definition) is 1. The minimum absolute atomic E-state index is 0.0269. The van der Waals surface area contributed by atoms with Crippen LogP contribution in [0.15, 0.2) is 83.8 Å². The number of carbonyl (C=O) groups is 1. The second-order valence-corrected chi connectivity index (χ2v) is 11.0. The van der Waals surface area contributed by atoms with Crippen molar-refractivity contribution in [1.82, 2.24) is 18.4 Å². The quantitative estimate of drug-likeness (QED) is 0.406. The first-order chi connectivity index (χ1) is 17.0. The number of sulfonamides is 1. The van der Waals surface area contributed by atoms with Crippen molar-refractivity contribution in [3.63, 3.8) is 0 Å². The predicted octanol–water partition coefficient (Wildman–Crippen LogP) is 4.19. The van der Waals surface area contributed by atoms with Gasteiger partial charge in [-0.25, -0.2) is 8.42 Å². The Balaban J connectivity index is 1.35. The van der Waals surface area contributed by atoms with Gasteiger partial charge in [0.15, 0.2) is 0 Å². The summed E-state index contributed by atoms with van der Waals surface area (Å²) < 4.78 is 37.8. The summed E-state index contributed by atoms with van der Waals surface area (Å²) in [4.78, 5) is 15.5. The Morgan fingerprint density at radius 2 is 1.63 bits per heavy atom. The zero-order valence-corrected chi connectivity index (χ0v) is 20.7.